The van der Waals surface area contributed by atoms with Crippen molar-refractivity contribution in [2.75, 3.05) is 51.9 Å². The van der Waals surface area contributed by atoms with Gasteiger partial charge in [-0.15, -0.1) is 0 Å². The zero-order valence-electron chi connectivity index (χ0n) is 29.2. The lowest BCUT2D eigenvalue weighted by Crippen LogP contribution is -2.52. The van der Waals surface area contributed by atoms with Crippen molar-refractivity contribution in [2.24, 2.45) is 23.7 Å². The molecule has 1 N–H and O–H groups in total. The van der Waals surface area contributed by atoms with Gasteiger partial charge >= 0.3 is 0 Å². The maximum absolute atomic E-state index is 13.5. The molecule has 1 spiro atoms. The van der Waals surface area contributed by atoms with Crippen LogP contribution < -0.4 is 14.4 Å². The van der Waals surface area contributed by atoms with Gasteiger partial charge in [0.15, 0.2) is 17.9 Å². The van der Waals surface area contributed by atoms with Crippen LogP contribution in [0, 0.1) is 23.7 Å². The number of carbonyl (C=O) groups excluding carboxylic acids is 1. The third-order valence-electron chi connectivity index (χ3n) is 12.3. The number of aromatic nitrogens is 1. The van der Waals surface area contributed by atoms with E-state index in [0.717, 1.165) is 62.9 Å². The first kappa shape index (κ1) is 35.0. The number of nitrogens with zero attached hydrogens (tertiary/aromatic N) is 3. The Morgan fingerprint density at radius 2 is 1.82 bits per heavy atom. The summed E-state index contributed by atoms with van der Waals surface area (Å²) in [7, 11) is 0.167. The van der Waals surface area contributed by atoms with E-state index in [1.165, 1.54) is 11.1 Å². The molecule has 1 aromatic carbocycles. The summed E-state index contributed by atoms with van der Waals surface area (Å²) in [4.78, 5) is 22.8. The van der Waals surface area contributed by atoms with Crippen LogP contribution >= 0.6 is 11.6 Å². The average molecular weight is 715 g/mol. The first-order valence-electron chi connectivity index (χ1n) is 18.1. The van der Waals surface area contributed by atoms with Crippen LogP contribution in [0.4, 0.5) is 5.82 Å². The molecule has 4 heterocycles. The molecule has 0 radical (unpaired) electrons. The SMILES string of the molecule is C[C@@H]1[C@@H](C)CCC[C@@H]([C@H]2OC[C@@H](N(C)C)CO2)[C@@H]2CC[C@H]2CN2C[C@@]3(CCCc4cc(Cl)ccc43)COc3ccc(nc32)C(=O)NS1(=O)=O. The predicted molar refractivity (Wildman–Crippen MR) is 190 cm³/mol. The summed E-state index contributed by atoms with van der Waals surface area (Å²) in [5.74, 6) is 1.31. The normalized spacial score (nSPS) is 34.9. The van der Waals surface area contributed by atoms with Gasteiger partial charge in [-0.25, -0.2) is 18.1 Å². The second-order valence-corrected chi connectivity index (χ2v) is 18.0. The molecule has 1 amide bonds. The second kappa shape index (κ2) is 13.9. The van der Waals surface area contributed by atoms with E-state index in [0.29, 0.717) is 49.8 Å². The molecule has 1 saturated heterocycles. The lowest BCUT2D eigenvalue weighted by Gasteiger charge is -2.49. The Bertz CT molecular complexity index is 1650. The van der Waals surface area contributed by atoms with Crippen LogP contribution in [-0.2, 0) is 31.3 Å². The Morgan fingerprint density at radius 3 is 2.55 bits per heavy atom. The third kappa shape index (κ3) is 6.95. The molecule has 2 aliphatic carbocycles. The molecular weight excluding hydrogens is 664 g/mol. The van der Waals surface area contributed by atoms with Crippen molar-refractivity contribution in [1.29, 1.82) is 0 Å². The van der Waals surface area contributed by atoms with Gasteiger partial charge < -0.3 is 24.0 Å². The molecule has 268 valence electrons. The molecule has 10 nitrogen and oxygen atoms in total. The van der Waals surface area contributed by atoms with E-state index in [2.05, 4.69) is 40.7 Å². The maximum Gasteiger partial charge on any atom is 0.283 e. The zero-order valence-corrected chi connectivity index (χ0v) is 30.8. The molecule has 12 heteroatoms. The fraction of sp³-hybridized carbons (Fsp3) is 0.676. The number of sulfonamides is 1. The highest BCUT2D eigenvalue weighted by molar-refractivity contribution is 7.90. The van der Waals surface area contributed by atoms with Gasteiger partial charge in [0.1, 0.15) is 5.69 Å². The van der Waals surface area contributed by atoms with E-state index in [1.807, 2.05) is 13.0 Å². The van der Waals surface area contributed by atoms with E-state index >= 15 is 0 Å². The van der Waals surface area contributed by atoms with Crippen molar-refractivity contribution in [3.8, 4) is 5.75 Å². The van der Waals surface area contributed by atoms with E-state index in [9.17, 15) is 13.2 Å². The maximum atomic E-state index is 13.5. The van der Waals surface area contributed by atoms with Crippen LogP contribution in [-0.4, -0.2) is 88.8 Å². The molecule has 5 aliphatic rings. The molecule has 7 rings (SSSR count). The van der Waals surface area contributed by atoms with Gasteiger partial charge in [0.05, 0.1) is 31.1 Å². The van der Waals surface area contributed by atoms with E-state index < -0.39 is 21.2 Å². The number of anilines is 1. The number of pyridine rings is 1. The number of hydrogen-bond donors (Lipinski definition) is 1. The summed E-state index contributed by atoms with van der Waals surface area (Å²) in [6.45, 7) is 6.81. The van der Waals surface area contributed by atoms with Crippen molar-refractivity contribution >= 4 is 33.3 Å². The molecule has 49 heavy (non-hydrogen) atoms. The monoisotopic (exact) mass is 714 g/mol. The largest absolute Gasteiger partial charge is 0.489 e. The van der Waals surface area contributed by atoms with Gasteiger partial charge in [-0.2, -0.15) is 0 Å². The molecule has 1 aromatic heterocycles. The number of rotatable bonds is 2. The van der Waals surface area contributed by atoms with Gasteiger partial charge in [0.25, 0.3) is 5.91 Å². The molecule has 6 atom stereocenters. The number of hydrogen-bond acceptors (Lipinski definition) is 9. The number of carbonyl (C=O) groups is 1. The van der Waals surface area contributed by atoms with Crippen molar-refractivity contribution in [1.82, 2.24) is 14.6 Å². The van der Waals surface area contributed by atoms with Crippen LogP contribution in [0.25, 0.3) is 0 Å². The standard InChI is InChI=1S/C37H51ClN4O6S/c1-23-7-5-9-30(36-46-19-28(20-47-36)41(3)4)29-12-10-26(29)18-42-21-37(16-6-8-25-17-27(38)11-13-31(25)37)22-48-33-15-14-32(39-34(33)42)35(43)40-49(44,45)24(23)2/h11,13-15,17,23-24,26,28-30,36H,5-10,12,16,18-22H2,1-4H3,(H,40,43)/t23-,24+,26-,28-,29+,30+,36+,37-/m0/s1. The molecule has 2 fully saturated rings. The van der Waals surface area contributed by atoms with Crippen LogP contribution in [0.3, 0.4) is 0 Å². The number of benzene rings is 1. The minimum atomic E-state index is -3.94. The Hall–Kier alpha value is -2.44. The summed E-state index contributed by atoms with van der Waals surface area (Å²) in [5.41, 5.74) is 2.30. The van der Waals surface area contributed by atoms with Crippen molar-refractivity contribution in [3.05, 3.63) is 52.2 Å². The minimum absolute atomic E-state index is 0.0668. The highest BCUT2D eigenvalue weighted by atomic mass is 35.5. The number of ether oxygens (including phenoxy) is 3. The summed E-state index contributed by atoms with van der Waals surface area (Å²) in [5, 5.41) is -0.00953. The van der Waals surface area contributed by atoms with Crippen LogP contribution in [0.15, 0.2) is 30.3 Å². The molecule has 0 unspecified atom stereocenters. The average Bonchev–Trinajstić information content (AvgIpc) is 3.21. The van der Waals surface area contributed by atoms with Gasteiger partial charge in [-0.05, 0) is 119 Å². The predicted octanol–water partition coefficient (Wildman–Crippen LogP) is 5.42. The third-order valence-corrected chi connectivity index (χ3v) is 14.4. The van der Waals surface area contributed by atoms with Crippen LogP contribution in [0.1, 0.15) is 80.4 Å². The molecule has 2 aromatic rings. The molecular formula is C37H51ClN4O6S. The van der Waals surface area contributed by atoms with Gasteiger partial charge in [0.2, 0.25) is 10.0 Å². The summed E-state index contributed by atoms with van der Waals surface area (Å²) >= 11 is 6.46. The summed E-state index contributed by atoms with van der Waals surface area (Å²) < 4.78 is 48.8. The van der Waals surface area contributed by atoms with Crippen molar-refractivity contribution in [3.63, 3.8) is 0 Å². The van der Waals surface area contributed by atoms with Gasteiger partial charge in [0, 0.05) is 29.4 Å². The highest BCUT2D eigenvalue weighted by Gasteiger charge is 2.47. The summed E-state index contributed by atoms with van der Waals surface area (Å²) in [6.07, 6.45) is 7.32. The number of halogens is 1. The summed E-state index contributed by atoms with van der Waals surface area (Å²) in [6, 6.07) is 9.80. The highest BCUT2D eigenvalue weighted by Crippen LogP contribution is 2.48. The molecule has 2 bridgehead atoms. The Balaban J connectivity index is 1.26. The molecule has 1 saturated carbocycles. The number of aryl methyl sites for hydroxylation is 1. The topological polar surface area (TPSA) is 110 Å². The number of likely N-dealkylation sites (N-methyl/N-ethyl adjacent to an activating group) is 1. The first-order chi connectivity index (χ1) is 23.4. The van der Waals surface area contributed by atoms with Gasteiger partial charge in [-0.3, -0.25) is 4.79 Å². The zero-order chi connectivity index (χ0) is 34.5. The quantitative estimate of drug-likeness (QED) is 0.436. The fourth-order valence-corrected chi connectivity index (χ4v) is 10.4. The first-order valence-corrected chi connectivity index (χ1v) is 20.0. The van der Waals surface area contributed by atoms with Crippen LogP contribution in [0.5, 0.6) is 5.75 Å². The van der Waals surface area contributed by atoms with Crippen molar-refractivity contribution < 1.29 is 27.4 Å². The van der Waals surface area contributed by atoms with E-state index in [-0.39, 0.29) is 35.3 Å². The van der Waals surface area contributed by atoms with Gasteiger partial charge in [-0.1, -0.05) is 31.0 Å². The second-order valence-electron chi connectivity index (χ2n) is 15.5. The minimum Gasteiger partial charge on any atom is -0.489 e. The van der Waals surface area contributed by atoms with Crippen molar-refractivity contribution in [2.45, 2.75) is 88.2 Å². The Kier molecular flexibility index (Phi) is 9.95. The van der Waals surface area contributed by atoms with E-state index in [4.69, 9.17) is 30.8 Å². The van der Waals surface area contributed by atoms with E-state index in [1.54, 1.807) is 19.1 Å². The molecule has 3 aliphatic heterocycles. The Labute approximate surface area is 296 Å². The lowest BCUT2D eigenvalue weighted by atomic mass is 9.64. The lowest BCUT2D eigenvalue weighted by molar-refractivity contribution is -0.240. The number of nitrogens with one attached hydrogen (secondary N) is 1. The Morgan fingerprint density at radius 1 is 1.02 bits per heavy atom. The number of amides is 1. The van der Waals surface area contributed by atoms with Crippen LogP contribution in [0.2, 0.25) is 5.02 Å². The fourth-order valence-electron chi connectivity index (χ4n) is 8.87. The smallest absolute Gasteiger partial charge is 0.283 e. The number of fused-ring (bicyclic) bond motifs is 4.